The Labute approximate surface area is 180 Å². The summed E-state index contributed by atoms with van der Waals surface area (Å²) in [5.41, 5.74) is 5.96. The van der Waals surface area contributed by atoms with Crippen molar-refractivity contribution in [3.05, 3.63) is 50.7 Å². The number of pyridine rings is 1. The summed E-state index contributed by atoms with van der Waals surface area (Å²) in [5.74, 6) is -1.83. The lowest BCUT2D eigenvalue weighted by Gasteiger charge is -2.10. The number of nitrogens with one attached hydrogen (secondary N) is 2. The Balaban J connectivity index is 1.59. The molecule has 8 nitrogen and oxygen atoms in total. The maximum atomic E-state index is 12.1. The van der Waals surface area contributed by atoms with Gasteiger partial charge in [0.15, 0.2) is 17.5 Å². The van der Waals surface area contributed by atoms with Gasteiger partial charge in [-0.2, -0.15) is 0 Å². The number of rotatable bonds is 6. The van der Waals surface area contributed by atoms with Crippen LogP contribution in [-0.4, -0.2) is 35.4 Å². The maximum Gasteiger partial charge on any atom is 0.359 e. The molecule has 1 fully saturated rings. The lowest BCUT2D eigenvalue weighted by atomic mass is 10.2. The summed E-state index contributed by atoms with van der Waals surface area (Å²) in [6, 6.07) is 6.61. The van der Waals surface area contributed by atoms with E-state index in [1.807, 2.05) is 0 Å². The molecule has 0 saturated heterocycles. The van der Waals surface area contributed by atoms with E-state index in [1.54, 1.807) is 18.2 Å². The zero-order valence-electron chi connectivity index (χ0n) is 14.8. The van der Waals surface area contributed by atoms with Crippen LogP contribution in [0.3, 0.4) is 0 Å². The smallest absolute Gasteiger partial charge is 0.359 e. The largest absolute Gasteiger partial charge is 0.451 e. The van der Waals surface area contributed by atoms with Gasteiger partial charge in [-0.25, -0.2) is 9.78 Å². The maximum absolute atomic E-state index is 12.1. The highest BCUT2D eigenvalue weighted by Crippen LogP contribution is 2.34. The molecule has 2 amide bonds. The molecule has 0 bridgehead atoms. The lowest BCUT2D eigenvalue weighted by Crippen LogP contribution is -2.25. The van der Waals surface area contributed by atoms with Crippen molar-refractivity contribution in [2.45, 2.75) is 18.9 Å². The number of nitrogen functional groups attached to an aromatic ring is 1. The molecule has 1 heterocycles. The Morgan fingerprint density at radius 2 is 1.90 bits per heavy atom. The van der Waals surface area contributed by atoms with E-state index in [2.05, 4.69) is 15.6 Å². The molecular formula is C18H15Cl3N4O4. The second-order valence-electron chi connectivity index (χ2n) is 6.25. The van der Waals surface area contributed by atoms with Crippen molar-refractivity contribution in [3.63, 3.8) is 0 Å². The van der Waals surface area contributed by atoms with E-state index in [9.17, 15) is 14.4 Å². The zero-order valence-corrected chi connectivity index (χ0v) is 17.1. The zero-order chi connectivity index (χ0) is 21.1. The van der Waals surface area contributed by atoms with Gasteiger partial charge in [0.25, 0.3) is 11.8 Å². The molecular weight excluding hydrogens is 443 g/mol. The van der Waals surface area contributed by atoms with Gasteiger partial charge in [-0.1, -0.05) is 40.9 Å². The van der Waals surface area contributed by atoms with Crippen LogP contribution < -0.4 is 16.4 Å². The van der Waals surface area contributed by atoms with Crippen LogP contribution in [0.15, 0.2) is 24.3 Å². The van der Waals surface area contributed by atoms with E-state index in [4.69, 9.17) is 45.3 Å². The fraction of sp³-hybridized carbons (Fsp3) is 0.222. The van der Waals surface area contributed by atoms with Crippen molar-refractivity contribution in [1.29, 1.82) is 0 Å². The Morgan fingerprint density at radius 3 is 2.59 bits per heavy atom. The summed E-state index contributed by atoms with van der Waals surface area (Å²) in [7, 11) is 0. The summed E-state index contributed by atoms with van der Waals surface area (Å²) in [6.07, 6.45) is 1.94. The first-order valence-corrected chi connectivity index (χ1v) is 9.57. The third-order valence-corrected chi connectivity index (χ3v) is 5.06. The standard InChI is InChI=1S/C18H15Cl3N4O4/c19-12-14(22)13(20)16(21)25-15(12)18(28)29-7-11(26)23-10-3-1-2-8(6-10)17(27)24-9-4-5-9/h1-3,6,9H,4-5,7H2,(H2,22,25)(H,23,26)(H,24,27). The second kappa shape index (κ2) is 8.86. The Bertz CT molecular complexity index is 995. The fourth-order valence-electron chi connectivity index (χ4n) is 2.30. The molecule has 2 aromatic rings. The monoisotopic (exact) mass is 456 g/mol. The average Bonchev–Trinajstić information content (AvgIpc) is 3.51. The van der Waals surface area contributed by atoms with Crippen molar-refractivity contribution in [2.75, 3.05) is 17.7 Å². The molecule has 4 N–H and O–H groups in total. The molecule has 0 unspecified atom stereocenters. The van der Waals surface area contributed by atoms with E-state index in [-0.39, 0.29) is 38.5 Å². The SMILES string of the molecule is Nc1c(Cl)c(Cl)nc(C(=O)OCC(=O)Nc2cccc(C(=O)NC3CC3)c2)c1Cl. The normalized spacial score (nSPS) is 12.9. The highest BCUT2D eigenvalue weighted by atomic mass is 35.5. The van der Waals surface area contributed by atoms with Crippen molar-refractivity contribution in [2.24, 2.45) is 0 Å². The minimum Gasteiger partial charge on any atom is -0.451 e. The Kier molecular flexibility index (Phi) is 6.46. The molecule has 0 spiro atoms. The van der Waals surface area contributed by atoms with Crippen LogP contribution in [0.25, 0.3) is 0 Å². The van der Waals surface area contributed by atoms with Gasteiger partial charge in [0, 0.05) is 17.3 Å². The third-order valence-electron chi connectivity index (χ3n) is 3.92. The summed E-state index contributed by atoms with van der Waals surface area (Å²) < 4.78 is 4.90. The van der Waals surface area contributed by atoms with Gasteiger partial charge in [-0.15, -0.1) is 0 Å². The summed E-state index contributed by atoms with van der Waals surface area (Å²) in [4.78, 5) is 40.0. The molecule has 3 rings (SSSR count). The fourth-order valence-corrected chi connectivity index (χ4v) is 2.88. The van der Waals surface area contributed by atoms with Gasteiger partial charge >= 0.3 is 5.97 Å². The van der Waals surface area contributed by atoms with Crippen LogP contribution in [0.2, 0.25) is 15.2 Å². The molecule has 1 aromatic heterocycles. The number of nitrogens with two attached hydrogens (primary N) is 1. The number of ether oxygens (including phenoxy) is 1. The summed E-state index contributed by atoms with van der Waals surface area (Å²) >= 11 is 17.5. The molecule has 1 saturated carbocycles. The number of carbonyl (C=O) groups is 3. The Morgan fingerprint density at radius 1 is 1.17 bits per heavy atom. The molecule has 1 aromatic carbocycles. The number of hydrogen-bond donors (Lipinski definition) is 3. The number of aromatic nitrogens is 1. The highest BCUT2D eigenvalue weighted by Gasteiger charge is 2.24. The minimum atomic E-state index is -0.993. The van der Waals surface area contributed by atoms with Crippen LogP contribution in [0.5, 0.6) is 0 Å². The molecule has 152 valence electrons. The van der Waals surface area contributed by atoms with Crippen LogP contribution in [0.4, 0.5) is 11.4 Å². The quantitative estimate of drug-likeness (QED) is 0.452. The lowest BCUT2D eigenvalue weighted by molar-refractivity contribution is -0.119. The second-order valence-corrected chi connectivity index (χ2v) is 7.36. The van der Waals surface area contributed by atoms with E-state index in [1.165, 1.54) is 6.07 Å². The van der Waals surface area contributed by atoms with Gasteiger partial charge < -0.3 is 21.1 Å². The molecule has 11 heteroatoms. The molecule has 29 heavy (non-hydrogen) atoms. The van der Waals surface area contributed by atoms with Crippen molar-refractivity contribution < 1.29 is 19.1 Å². The van der Waals surface area contributed by atoms with E-state index in [0.29, 0.717) is 11.3 Å². The van der Waals surface area contributed by atoms with Crippen molar-refractivity contribution >= 4 is 64.0 Å². The summed E-state index contributed by atoms with van der Waals surface area (Å²) in [5, 5.41) is 4.87. The third kappa shape index (κ3) is 5.29. The predicted molar refractivity (Wildman–Crippen MR) is 110 cm³/mol. The van der Waals surface area contributed by atoms with Crippen LogP contribution in [-0.2, 0) is 9.53 Å². The minimum absolute atomic E-state index is 0.0865. The molecule has 1 aliphatic carbocycles. The number of carbonyl (C=O) groups excluding carboxylic acids is 3. The van der Waals surface area contributed by atoms with Gasteiger partial charge in [-0.3, -0.25) is 9.59 Å². The topological polar surface area (TPSA) is 123 Å². The van der Waals surface area contributed by atoms with E-state index >= 15 is 0 Å². The number of benzene rings is 1. The molecule has 0 aliphatic heterocycles. The Hall–Kier alpha value is -2.55. The highest BCUT2D eigenvalue weighted by molar-refractivity contribution is 6.46. The summed E-state index contributed by atoms with van der Waals surface area (Å²) in [6.45, 7) is -0.616. The van der Waals surface area contributed by atoms with Gasteiger partial charge in [0.05, 0.1) is 10.7 Å². The van der Waals surface area contributed by atoms with E-state index in [0.717, 1.165) is 12.8 Å². The van der Waals surface area contributed by atoms with Crippen molar-refractivity contribution in [1.82, 2.24) is 10.3 Å². The number of anilines is 2. The average molecular weight is 458 g/mol. The van der Waals surface area contributed by atoms with Crippen molar-refractivity contribution in [3.8, 4) is 0 Å². The predicted octanol–water partition coefficient (Wildman–Crippen LogP) is 3.31. The number of nitrogens with zero attached hydrogens (tertiary/aromatic N) is 1. The number of halogens is 3. The van der Waals surface area contributed by atoms with E-state index < -0.39 is 18.5 Å². The number of hydrogen-bond acceptors (Lipinski definition) is 6. The first-order valence-electron chi connectivity index (χ1n) is 8.44. The van der Waals surface area contributed by atoms with Gasteiger partial charge in [0.1, 0.15) is 5.02 Å². The van der Waals surface area contributed by atoms with Gasteiger partial charge in [0.2, 0.25) is 0 Å². The first kappa shape index (κ1) is 21.2. The number of amides is 2. The van der Waals surface area contributed by atoms with Gasteiger partial charge in [-0.05, 0) is 31.0 Å². The first-order chi connectivity index (χ1) is 13.8. The number of esters is 1. The van der Waals surface area contributed by atoms with Crippen LogP contribution in [0.1, 0.15) is 33.7 Å². The molecule has 0 radical (unpaired) electrons. The van der Waals surface area contributed by atoms with Crippen LogP contribution in [0, 0.1) is 0 Å². The molecule has 0 atom stereocenters. The van der Waals surface area contributed by atoms with Crippen LogP contribution >= 0.6 is 34.8 Å². The molecule has 1 aliphatic rings.